The van der Waals surface area contributed by atoms with Gasteiger partial charge < -0.3 is 9.15 Å². The molecular weight excluding hydrogens is 323 g/mol. The highest BCUT2D eigenvalue weighted by Crippen LogP contribution is 2.30. The van der Waals surface area contributed by atoms with Crippen LogP contribution in [0.4, 0.5) is 4.39 Å². The molecule has 1 aromatic heterocycles. The average molecular weight is 333 g/mol. The number of hydrogen-bond donors (Lipinski definition) is 0. The van der Waals surface area contributed by atoms with Crippen molar-refractivity contribution in [3.63, 3.8) is 0 Å². The van der Waals surface area contributed by atoms with Gasteiger partial charge in [0.05, 0.1) is 6.26 Å². The fourth-order valence-corrected chi connectivity index (χ4v) is 2.22. The molecule has 0 aliphatic heterocycles. The predicted octanol–water partition coefficient (Wildman–Crippen LogP) is 5.64. The lowest BCUT2D eigenvalue weighted by atomic mass is 10.1. The standard InChI is InChI=1S/C16H10BrFO2/c17-12-3-1-4-13(10-12)20-16-7-6-11(9-14(16)18)15-5-2-8-19-15/h1-10H. The molecule has 0 fully saturated rings. The summed E-state index contributed by atoms with van der Waals surface area (Å²) in [6.07, 6.45) is 1.55. The van der Waals surface area contributed by atoms with Crippen molar-refractivity contribution >= 4 is 15.9 Å². The highest BCUT2D eigenvalue weighted by Gasteiger charge is 2.09. The van der Waals surface area contributed by atoms with Gasteiger partial charge in [-0.05, 0) is 48.5 Å². The Morgan fingerprint density at radius 3 is 2.60 bits per heavy atom. The van der Waals surface area contributed by atoms with Crippen LogP contribution >= 0.6 is 15.9 Å². The normalized spacial score (nSPS) is 10.5. The molecule has 1 heterocycles. The van der Waals surface area contributed by atoms with E-state index in [2.05, 4.69) is 15.9 Å². The van der Waals surface area contributed by atoms with E-state index in [1.165, 1.54) is 6.07 Å². The Morgan fingerprint density at radius 2 is 1.90 bits per heavy atom. The molecular formula is C16H10BrFO2. The van der Waals surface area contributed by atoms with E-state index in [4.69, 9.17) is 9.15 Å². The summed E-state index contributed by atoms with van der Waals surface area (Å²) in [4.78, 5) is 0. The van der Waals surface area contributed by atoms with Gasteiger partial charge in [-0.3, -0.25) is 0 Å². The minimum atomic E-state index is -0.432. The lowest BCUT2D eigenvalue weighted by Gasteiger charge is -2.08. The highest BCUT2D eigenvalue weighted by molar-refractivity contribution is 9.10. The van der Waals surface area contributed by atoms with Gasteiger partial charge in [0.15, 0.2) is 11.6 Å². The van der Waals surface area contributed by atoms with Crippen molar-refractivity contribution in [2.24, 2.45) is 0 Å². The Bertz CT molecular complexity index is 723. The van der Waals surface area contributed by atoms with Crippen LogP contribution in [-0.4, -0.2) is 0 Å². The summed E-state index contributed by atoms with van der Waals surface area (Å²) in [5, 5.41) is 0. The molecule has 2 aromatic carbocycles. The number of furan rings is 1. The third kappa shape index (κ3) is 2.75. The first-order valence-electron chi connectivity index (χ1n) is 5.99. The second kappa shape index (κ2) is 5.51. The lowest BCUT2D eigenvalue weighted by molar-refractivity contribution is 0.442. The fraction of sp³-hybridized carbons (Fsp3) is 0. The van der Waals surface area contributed by atoms with E-state index in [1.54, 1.807) is 42.7 Å². The molecule has 4 heteroatoms. The van der Waals surface area contributed by atoms with Gasteiger partial charge in [-0.1, -0.05) is 22.0 Å². The molecule has 0 spiro atoms. The molecule has 20 heavy (non-hydrogen) atoms. The maximum Gasteiger partial charge on any atom is 0.166 e. The quantitative estimate of drug-likeness (QED) is 0.619. The maximum atomic E-state index is 14.0. The largest absolute Gasteiger partial charge is 0.464 e. The van der Waals surface area contributed by atoms with Gasteiger partial charge >= 0.3 is 0 Å². The van der Waals surface area contributed by atoms with Crippen molar-refractivity contribution in [1.29, 1.82) is 0 Å². The minimum Gasteiger partial charge on any atom is -0.464 e. The molecule has 3 rings (SSSR count). The summed E-state index contributed by atoms with van der Waals surface area (Å²) in [5.41, 5.74) is 0.675. The van der Waals surface area contributed by atoms with E-state index in [0.29, 0.717) is 17.1 Å². The van der Waals surface area contributed by atoms with Crippen LogP contribution in [0.25, 0.3) is 11.3 Å². The van der Waals surface area contributed by atoms with Crippen molar-refractivity contribution in [1.82, 2.24) is 0 Å². The van der Waals surface area contributed by atoms with Gasteiger partial charge in [-0.15, -0.1) is 0 Å². The third-order valence-electron chi connectivity index (χ3n) is 2.76. The number of ether oxygens (including phenoxy) is 1. The molecule has 0 saturated carbocycles. The first kappa shape index (κ1) is 12.9. The molecule has 0 radical (unpaired) electrons. The Balaban J connectivity index is 1.88. The van der Waals surface area contributed by atoms with Crippen LogP contribution in [0.3, 0.4) is 0 Å². The van der Waals surface area contributed by atoms with Crippen LogP contribution in [0.15, 0.2) is 69.8 Å². The number of rotatable bonds is 3. The topological polar surface area (TPSA) is 22.4 Å². The Morgan fingerprint density at radius 1 is 1.00 bits per heavy atom. The first-order valence-corrected chi connectivity index (χ1v) is 6.78. The van der Waals surface area contributed by atoms with Gasteiger partial charge in [0.1, 0.15) is 11.5 Å². The van der Waals surface area contributed by atoms with Crippen molar-refractivity contribution in [2.45, 2.75) is 0 Å². The molecule has 0 amide bonds. The zero-order valence-corrected chi connectivity index (χ0v) is 11.9. The number of halogens is 2. The van der Waals surface area contributed by atoms with Crippen molar-refractivity contribution < 1.29 is 13.5 Å². The van der Waals surface area contributed by atoms with Crippen molar-refractivity contribution in [2.75, 3.05) is 0 Å². The average Bonchev–Trinajstić information content (AvgIpc) is 2.95. The monoisotopic (exact) mass is 332 g/mol. The van der Waals surface area contributed by atoms with E-state index in [9.17, 15) is 4.39 Å². The van der Waals surface area contributed by atoms with Crippen LogP contribution in [0.1, 0.15) is 0 Å². The van der Waals surface area contributed by atoms with Gasteiger partial charge in [0.25, 0.3) is 0 Å². The van der Waals surface area contributed by atoms with Gasteiger partial charge in [0, 0.05) is 10.0 Å². The number of hydrogen-bond acceptors (Lipinski definition) is 2. The molecule has 0 atom stereocenters. The Hall–Kier alpha value is -2.07. The molecule has 0 aliphatic rings. The summed E-state index contributed by atoms with van der Waals surface area (Å²) >= 11 is 3.35. The number of benzene rings is 2. The second-order valence-electron chi connectivity index (χ2n) is 4.18. The lowest BCUT2D eigenvalue weighted by Crippen LogP contribution is -1.89. The summed E-state index contributed by atoms with van der Waals surface area (Å²) < 4.78 is 25.7. The summed E-state index contributed by atoms with van der Waals surface area (Å²) in [5.74, 6) is 0.944. The minimum absolute atomic E-state index is 0.179. The van der Waals surface area contributed by atoms with Crippen molar-refractivity contribution in [3.05, 3.63) is 71.2 Å². The summed E-state index contributed by atoms with van der Waals surface area (Å²) in [7, 11) is 0. The Kier molecular flexibility index (Phi) is 3.56. The third-order valence-corrected chi connectivity index (χ3v) is 3.25. The van der Waals surface area contributed by atoms with E-state index in [0.717, 1.165) is 4.47 Å². The Labute approximate surface area is 123 Å². The van der Waals surface area contributed by atoms with Crippen LogP contribution in [0.5, 0.6) is 11.5 Å². The van der Waals surface area contributed by atoms with E-state index < -0.39 is 5.82 Å². The maximum absolute atomic E-state index is 14.0. The van der Waals surface area contributed by atoms with E-state index in [-0.39, 0.29) is 5.75 Å². The highest BCUT2D eigenvalue weighted by atomic mass is 79.9. The van der Waals surface area contributed by atoms with Crippen LogP contribution < -0.4 is 4.74 Å². The summed E-state index contributed by atoms with van der Waals surface area (Å²) in [6, 6.07) is 15.5. The predicted molar refractivity (Wildman–Crippen MR) is 78.3 cm³/mol. The van der Waals surface area contributed by atoms with Crippen LogP contribution in [0, 0.1) is 5.82 Å². The SMILES string of the molecule is Fc1cc(-c2ccco2)ccc1Oc1cccc(Br)c1. The van der Waals surface area contributed by atoms with E-state index >= 15 is 0 Å². The summed E-state index contributed by atoms with van der Waals surface area (Å²) in [6.45, 7) is 0. The van der Waals surface area contributed by atoms with Crippen molar-refractivity contribution in [3.8, 4) is 22.8 Å². The molecule has 2 nitrogen and oxygen atoms in total. The second-order valence-corrected chi connectivity index (χ2v) is 5.10. The fourth-order valence-electron chi connectivity index (χ4n) is 1.84. The first-order chi connectivity index (χ1) is 9.72. The molecule has 0 unspecified atom stereocenters. The molecule has 0 N–H and O–H groups in total. The van der Waals surface area contributed by atoms with Crippen LogP contribution in [0.2, 0.25) is 0 Å². The molecule has 0 saturated heterocycles. The smallest absolute Gasteiger partial charge is 0.166 e. The van der Waals surface area contributed by atoms with Gasteiger partial charge in [0.2, 0.25) is 0 Å². The molecule has 3 aromatic rings. The zero-order valence-electron chi connectivity index (χ0n) is 10.3. The molecule has 100 valence electrons. The molecule has 0 aliphatic carbocycles. The molecule has 0 bridgehead atoms. The van der Waals surface area contributed by atoms with Gasteiger partial charge in [-0.2, -0.15) is 0 Å². The van der Waals surface area contributed by atoms with E-state index in [1.807, 2.05) is 12.1 Å². The van der Waals surface area contributed by atoms with Gasteiger partial charge in [-0.25, -0.2) is 4.39 Å². The zero-order chi connectivity index (χ0) is 13.9. The van der Waals surface area contributed by atoms with Crippen LogP contribution in [-0.2, 0) is 0 Å².